The number of benzene rings is 1. The fraction of sp³-hybridized carbons (Fsp3) is 0.100. The van der Waals surface area contributed by atoms with Crippen LogP contribution in [0.15, 0.2) is 15.3 Å². The van der Waals surface area contributed by atoms with Crippen molar-refractivity contribution in [2.75, 3.05) is 0 Å². The third-order valence-corrected chi connectivity index (χ3v) is 4.13. The maximum absolute atomic E-state index is 13.0. The third kappa shape index (κ3) is 1.23. The van der Waals surface area contributed by atoms with Crippen LogP contribution in [0.5, 0.6) is 23.0 Å². The van der Waals surface area contributed by atoms with Gasteiger partial charge in [0.15, 0.2) is 11.5 Å². The number of hydrogen-bond donors (Lipinski definition) is 1. The first-order chi connectivity index (χ1) is 9.39. The molecule has 0 spiro atoms. The summed E-state index contributed by atoms with van der Waals surface area (Å²) in [5.41, 5.74) is -2.11. The largest absolute Gasteiger partial charge is 0.647 e. The van der Waals surface area contributed by atoms with E-state index in [1.165, 1.54) is 0 Å². The normalized spacial score (nSPS) is 21.9. The number of phosphoric ester groups is 1. The van der Waals surface area contributed by atoms with E-state index < -0.39 is 42.7 Å². The van der Waals surface area contributed by atoms with Crippen molar-refractivity contribution >= 4 is 18.8 Å². The predicted molar refractivity (Wildman–Crippen MR) is 58.6 cm³/mol. The van der Waals surface area contributed by atoms with Crippen molar-refractivity contribution in [3.8, 4) is 23.0 Å². The van der Waals surface area contributed by atoms with Gasteiger partial charge in [0.1, 0.15) is 22.3 Å². The van der Waals surface area contributed by atoms with Crippen molar-refractivity contribution in [3.05, 3.63) is 22.0 Å². The van der Waals surface area contributed by atoms with Gasteiger partial charge in [-0.05, 0) is 0 Å². The molecule has 3 heterocycles. The van der Waals surface area contributed by atoms with E-state index in [2.05, 4.69) is 0 Å². The van der Waals surface area contributed by atoms with Crippen LogP contribution in [0.3, 0.4) is 0 Å². The molecule has 2 aliphatic rings. The van der Waals surface area contributed by atoms with E-state index in [0.717, 1.165) is 6.07 Å². The predicted octanol–water partition coefficient (Wildman–Crippen LogP) is 2.71. The third-order valence-electron chi connectivity index (χ3n) is 2.91. The Bertz CT molecular complexity index is 888. The number of phenolic OH excluding ortho intramolecular Hbond substituents is 1. The first-order valence-electron chi connectivity index (χ1n) is 5.23. The minimum absolute atomic E-state index is 0.128. The summed E-state index contributed by atoms with van der Waals surface area (Å²) in [5.74, 6) is -2.19. The SMILES string of the molecule is O=c1oc2cc(O)c(C(F)F)c3c2c2c1OP(=O)(O3)O2. The number of hydrogen-bond acceptors (Lipinski definition) is 7. The minimum atomic E-state index is -4.24. The molecule has 4 rings (SSSR count). The standard InChI is InChI=1S/C10H3F2O7P/c11-9(12)4-2(13)1-3-5-6(4)17-20(15)18-7(5)8(19-20)10(14)16-3/h1,9,13H. The van der Waals surface area contributed by atoms with Gasteiger partial charge in [0.2, 0.25) is 0 Å². The highest BCUT2D eigenvalue weighted by Gasteiger charge is 2.50. The summed E-state index contributed by atoms with van der Waals surface area (Å²) < 4.78 is 57.2. The number of phenols is 1. The van der Waals surface area contributed by atoms with Crippen LogP contribution < -0.4 is 19.2 Å². The molecule has 10 heteroatoms. The molecule has 0 fully saturated rings. The van der Waals surface area contributed by atoms with Gasteiger partial charge in [-0.3, -0.25) is 0 Å². The zero-order valence-electron chi connectivity index (χ0n) is 9.25. The quantitative estimate of drug-likeness (QED) is 0.639. The number of rotatable bonds is 1. The van der Waals surface area contributed by atoms with E-state index in [1.807, 2.05) is 0 Å². The van der Waals surface area contributed by atoms with E-state index in [0.29, 0.717) is 0 Å². The van der Waals surface area contributed by atoms with Gasteiger partial charge in [-0.25, -0.2) is 13.6 Å². The Morgan fingerprint density at radius 1 is 1.15 bits per heavy atom. The number of phosphoric acid groups is 1. The summed E-state index contributed by atoms with van der Waals surface area (Å²) in [6.07, 6.45) is -3.10. The maximum atomic E-state index is 13.0. The van der Waals surface area contributed by atoms with E-state index in [4.69, 9.17) is 18.0 Å². The van der Waals surface area contributed by atoms with Gasteiger partial charge in [0.25, 0.3) is 12.2 Å². The topological polar surface area (TPSA) is 95.2 Å². The number of alkyl halides is 2. The van der Waals surface area contributed by atoms with Gasteiger partial charge in [0.05, 0.1) is 0 Å². The lowest BCUT2D eigenvalue weighted by molar-refractivity contribution is 0.144. The lowest BCUT2D eigenvalue weighted by atomic mass is 10.1. The molecule has 7 nitrogen and oxygen atoms in total. The van der Waals surface area contributed by atoms with Gasteiger partial charge >= 0.3 is 13.4 Å². The summed E-state index contributed by atoms with van der Waals surface area (Å²) in [6, 6.07) is 0.837. The van der Waals surface area contributed by atoms with Crippen LogP contribution in [0.1, 0.15) is 12.0 Å². The van der Waals surface area contributed by atoms with Crippen molar-refractivity contribution in [1.29, 1.82) is 0 Å². The van der Waals surface area contributed by atoms with Crippen LogP contribution in [0, 0.1) is 0 Å². The van der Waals surface area contributed by atoms with E-state index in [9.17, 15) is 23.2 Å². The highest BCUT2D eigenvalue weighted by molar-refractivity contribution is 7.50. The van der Waals surface area contributed by atoms with Gasteiger partial charge in [-0.1, -0.05) is 0 Å². The van der Waals surface area contributed by atoms with Gasteiger partial charge in [0, 0.05) is 6.07 Å². The Labute approximate surface area is 107 Å². The number of halogens is 2. The number of aromatic hydroxyl groups is 1. The molecular weight excluding hydrogens is 301 g/mol. The molecule has 1 aromatic carbocycles. The van der Waals surface area contributed by atoms with E-state index in [-0.39, 0.29) is 16.7 Å². The lowest BCUT2D eigenvalue weighted by Gasteiger charge is -2.19. The Hall–Kier alpha value is -2.28. The molecule has 0 saturated heterocycles. The second-order valence-corrected chi connectivity index (χ2v) is 5.52. The maximum Gasteiger partial charge on any atom is 0.647 e. The molecule has 2 aromatic rings. The number of fused-ring (bicyclic) bond motifs is 1. The Morgan fingerprint density at radius 3 is 2.50 bits per heavy atom. The van der Waals surface area contributed by atoms with Gasteiger partial charge in [-0.2, -0.15) is 4.57 Å². The highest BCUT2D eigenvalue weighted by atomic mass is 31.2. The van der Waals surface area contributed by atoms with Crippen LogP contribution in [-0.4, -0.2) is 5.11 Å². The zero-order chi connectivity index (χ0) is 14.2. The van der Waals surface area contributed by atoms with Crippen LogP contribution in [0.2, 0.25) is 0 Å². The van der Waals surface area contributed by atoms with Crippen LogP contribution in [-0.2, 0) is 4.57 Å². The molecule has 20 heavy (non-hydrogen) atoms. The monoisotopic (exact) mass is 304 g/mol. The van der Waals surface area contributed by atoms with Gasteiger partial charge < -0.3 is 23.1 Å². The molecule has 2 bridgehead atoms. The lowest BCUT2D eigenvalue weighted by Crippen LogP contribution is -2.06. The Morgan fingerprint density at radius 2 is 1.80 bits per heavy atom. The molecular formula is C10H3F2O7P. The van der Waals surface area contributed by atoms with Crippen molar-refractivity contribution in [2.45, 2.75) is 6.43 Å². The first-order valence-corrected chi connectivity index (χ1v) is 6.69. The van der Waals surface area contributed by atoms with Crippen molar-refractivity contribution in [2.24, 2.45) is 0 Å². The second kappa shape index (κ2) is 3.24. The Balaban J connectivity index is 2.26. The summed E-state index contributed by atoms with van der Waals surface area (Å²) >= 11 is 0. The fourth-order valence-electron chi connectivity index (χ4n) is 2.15. The molecule has 0 aliphatic carbocycles. The molecule has 1 aromatic heterocycles. The molecule has 1 atom stereocenters. The summed E-state index contributed by atoms with van der Waals surface area (Å²) in [4.78, 5) is 11.6. The smallest absolute Gasteiger partial charge is 0.507 e. The summed E-state index contributed by atoms with van der Waals surface area (Å²) in [7, 11) is -4.24. The van der Waals surface area contributed by atoms with E-state index in [1.54, 1.807) is 0 Å². The highest BCUT2D eigenvalue weighted by Crippen LogP contribution is 2.66. The summed E-state index contributed by atoms with van der Waals surface area (Å²) in [6.45, 7) is 0. The van der Waals surface area contributed by atoms with Crippen LogP contribution >= 0.6 is 7.82 Å². The second-order valence-electron chi connectivity index (χ2n) is 4.08. The average molecular weight is 304 g/mol. The Kier molecular flexibility index (Phi) is 1.87. The molecule has 1 unspecified atom stereocenters. The molecule has 0 saturated carbocycles. The molecule has 0 radical (unpaired) electrons. The average Bonchev–Trinajstić information content (AvgIpc) is 2.61. The summed E-state index contributed by atoms with van der Waals surface area (Å²) in [5, 5.41) is 9.46. The first kappa shape index (κ1) is 11.5. The van der Waals surface area contributed by atoms with Crippen molar-refractivity contribution in [1.82, 2.24) is 0 Å². The molecule has 104 valence electrons. The molecule has 2 aliphatic heterocycles. The fourth-order valence-corrected chi connectivity index (χ4v) is 3.45. The van der Waals surface area contributed by atoms with E-state index >= 15 is 0 Å². The minimum Gasteiger partial charge on any atom is -0.507 e. The van der Waals surface area contributed by atoms with Crippen molar-refractivity contribution < 1.29 is 36.4 Å². The van der Waals surface area contributed by atoms with Crippen LogP contribution in [0.25, 0.3) is 11.0 Å². The molecule has 0 amide bonds. The van der Waals surface area contributed by atoms with Gasteiger partial charge in [-0.15, -0.1) is 0 Å². The zero-order valence-corrected chi connectivity index (χ0v) is 10.1. The van der Waals surface area contributed by atoms with Crippen LogP contribution in [0.4, 0.5) is 8.78 Å². The van der Waals surface area contributed by atoms with Crippen molar-refractivity contribution in [3.63, 3.8) is 0 Å². The molecule has 1 N–H and O–H groups in total.